The first kappa shape index (κ1) is 32.3. The molecule has 0 aliphatic carbocycles. The van der Waals surface area contributed by atoms with Gasteiger partial charge < -0.3 is 29.6 Å². The van der Waals surface area contributed by atoms with Crippen LogP contribution in [0.4, 0.5) is 40.2 Å². The average molecular weight is 695 g/mol. The molecule has 0 saturated carbocycles. The van der Waals surface area contributed by atoms with Crippen molar-refractivity contribution >= 4 is 81.5 Å². The highest BCUT2D eigenvalue weighted by atomic mass is 79.9. The predicted molar refractivity (Wildman–Crippen MR) is 188 cm³/mol. The maximum atomic E-state index is 13.5. The second kappa shape index (κ2) is 13.5. The maximum absolute atomic E-state index is 13.5. The number of morpholine rings is 1. The summed E-state index contributed by atoms with van der Waals surface area (Å²) in [7, 11) is 0.714. The fourth-order valence-corrected chi connectivity index (χ4v) is 6.97. The number of methoxy groups -OCH3 is 1. The van der Waals surface area contributed by atoms with Gasteiger partial charge in [-0.2, -0.15) is 10.1 Å². The number of halogens is 1. The van der Waals surface area contributed by atoms with Gasteiger partial charge in [-0.25, -0.2) is 4.98 Å². The van der Waals surface area contributed by atoms with E-state index in [4.69, 9.17) is 14.5 Å². The summed E-state index contributed by atoms with van der Waals surface area (Å²) in [4.78, 5) is 20.2. The van der Waals surface area contributed by atoms with Crippen molar-refractivity contribution in [3.05, 3.63) is 47.3 Å². The molecule has 0 amide bonds. The molecule has 2 aromatic carbocycles. The van der Waals surface area contributed by atoms with E-state index >= 15 is 0 Å². The van der Waals surface area contributed by atoms with Crippen LogP contribution in [0.25, 0.3) is 11.1 Å². The molecule has 1 atom stereocenters. The van der Waals surface area contributed by atoms with Gasteiger partial charge in [0.05, 0.1) is 52.9 Å². The number of anilines is 5. The lowest BCUT2D eigenvalue weighted by Gasteiger charge is -2.34. The van der Waals surface area contributed by atoms with Crippen LogP contribution in [0.15, 0.2) is 57.3 Å². The molecule has 14 heteroatoms. The first-order valence-electron chi connectivity index (χ1n) is 14.3. The first-order chi connectivity index (χ1) is 21.5. The quantitative estimate of drug-likeness (QED) is 0.138. The third-order valence-corrected chi connectivity index (χ3v) is 9.37. The lowest BCUT2D eigenvalue weighted by atomic mass is 10.0. The first-order valence-corrected chi connectivity index (χ1v) is 17.7. The van der Waals surface area contributed by atoms with Crippen molar-refractivity contribution in [3.63, 3.8) is 0 Å². The largest absolute Gasteiger partial charge is 0.494 e. The smallest absolute Gasteiger partial charge is 0.229 e. The van der Waals surface area contributed by atoms with Gasteiger partial charge in [-0.1, -0.05) is 0 Å². The number of nitrogens with zero attached hydrogens (tertiary/aromatic N) is 7. The summed E-state index contributed by atoms with van der Waals surface area (Å²) in [6.45, 7) is 13.1. The summed E-state index contributed by atoms with van der Waals surface area (Å²) >= 11 is 3.56. The van der Waals surface area contributed by atoms with Crippen LogP contribution in [-0.4, -0.2) is 78.9 Å². The zero-order valence-electron chi connectivity index (χ0n) is 26.2. The number of aryl methyl sites for hydroxylation is 1. The summed E-state index contributed by atoms with van der Waals surface area (Å²) in [5.41, 5.74) is 5.33. The third kappa shape index (κ3) is 7.11. The van der Waals surface area contributed by atoms with Crippen molar-refractivity contribution in [1.29, 1.82) is 0 Å². The molecule has 0 unspecified atom stereocenters. The lowest BCUT2D eigenvalue weighted by Crippen LogP contribution is -2.41. The van der Waals surface area contributed by atoms with E-state index in [1.807, 2.05) is 37.6 Å². The molecule has 2 N–H and O–H groups in total. The fourth-order valence-electron chi connectivity index (χ4n) is 5.29. The van der Waals surface area contributed by atoms with Crippen molar-refractivity contribution in [3.8, 4) is 16.9 Å². The van der Waals surface area contributed by atoms with Gasteiger partial charge in [0, 0.05) is 61.6 Å². The Morgan fingerprint density at radius 2 is 2.02 bits per heavy atom. The molecule has 3 heterocycles. The molecule has 0 bridgehead atoms. The minimum Gasteiger partial charge on any atom is -0.494 e. The van der Waals surface area contributed by atoms with Crippen molar-refractivity contribution in [1.82, 2.24) is 19.7 Å². The molecule has 1 aliphatic rings. The number of aliphatic imine (C=N–C) groups is 2. The highest BCUT2D eigenvalue weighted by Crippen LogP contribution is 2.46. The topological polar surface area (TPSA) is 131 Å². The Morgan fingerprint density at radius 1 is 1.22 bits per heavy atom. The number of aromatic nitrogens is 4. The summed E-state index contributed by atoms with van der Waals surface area (Å²) in [5.74, 6) is 1.43. The fraction of sp³-hybridized carbons (Fsp3) is 0.323. The van der Waals surface area contributed by atoms with Gasteiger partial charge in [-0.15, -0.1) is 0 Å². The molecular weight excluding hydrogens is 657 g/mol. The second-order valence-corrected chi connectivity index (χ2v) is 15.0. The predicted octanol–water partition coefficient (Wildman–Crippen LogP) is 6.66. The molecule has 0 spiro atoms. The minimum absolute atomic E-state index is 0.107. The highest BCUT2D eigenvalue weighted by Gasteiger charge is 2.25. The molecule has 5 rings (SSSR count). The van der Waals surface area contributed by atoms with Crippen LogP contribution in [0.3, 0.4) is 0 Å². The number of hydrogen-bond acceptors (Lipinski definition) is 11. The Morgan fingerprint density at radius 3 is 2.67 bits per heavy atom. The monoisotopic (exact) mass is 693 g/mol. The zero-order chi connectivity index (χ0) is 32.3. The van der Waals surface area contributed by atoms with Crippen LogP contribution >= 0.6 is 23.1 Å². The summed E-state index contributed by atoms with van der Waals surface area (Å²) in [6.07, 6.45) is 7.23. The van der Waals surface area contributed by atoms with Crippen LogP contribution in [0.1, 0.15) is 13.8 Å². The van der Waals surface area contributed by atoms with E-state index in [0.717, 1.165) is 29.9 Å². The van der Waals surface area contributed by atoms with E-state index in [1.54, 1.807) is 50.5 Å². The molecule has 4 aromatic rings. The van der Waals surface area contributed by atoms with Crippen molar-refractivity contribution in [2.75, 3.05) is 55.7 Å². The number of nitrogens with one attached hydrogen (secondary N) is 2. The Hall–Kier alpha value is -4.06. The summed E-state index contributed by atoms with van der Waals surface area (Å²) in [6, 6.07) is 7.65. The highest BCUT2D eigenvalue weighted by molar-refractivity contribution is 9.10. The van der Waals surface area contributed by atoms with E-state index in [2.05, 4.69) is 65.2 Å². The van der Waals surface area contributed by atoms with Gasteiger partial charge in [-0.3, -0.25) is 14.7 Å². The van der Waals surface area contributed by atoms with E-state index in [-0.39, 0.29) is 6.10 Å². The van der Waals surface area contributed by atoms with Crippen LogP contribution in [0, 0.1) is 0 Å². The van der Waals surface area contributed by atoms with Gasteiger partial charge in [-0.05, 0) is 68.0 Å². The van der Waals surface area contributed by atoms with Crippen LogP contribution in [-0.2, 0) is 16.3 Å². The Bertz CT molecular complexity index is 1800. The van der Waals surface area contributed by atoms with Gasteiger partial charge in [0.15, 0.2) is 0 Å². The van der Waals surface area contributed by atoms with Gasteiger partial charge >= 0.3 is 0 Å². The standard InChI is InChI=1S/C31H37BrN9O3P/c1-8-34-28-23(33-3)9-10-24(29(28)45(6,7)42)37-30-22(32)16-35-31(39-30)38-25-13-21(20-15-36-40(4)18-20)26(14-27(25)43-5)41-11-12-44-19(2)17-41/h8-10,13-16,18-19H,3,11-12,17H2,1-2,4-7H3,(H2,35,37,38,39)/t19-/m1/s1. The summed E-state index contributed by atoms with van der Waals surface area (Å²) in [5, 5.41) is 11.7. The number of hydrogen-bond donors (Lipinski definition) is 2. The molecule has 1 saturated heterocycles. The van der Waals surface area contributed by atoms with Crippen LogP contribution in [0.2, 0.25) is 0 Å². The molecule has 0 radical (unpaired) electrons. The van der Waals surface area contributed by atoms with Gasteiger partial charge in [0.25, 0.3) is 0 Å². The summed E-state index contributed by atoms with van der Waals surface area (Å²) < 4.78 is 27.6. The zero-order valence-corrected chi connectivity index (χ0v) is 28.7. The Kier molecular flexibility index (Phi) is 9.71. The van der Waals surface area contributed by atoms with Crippen LogP contribution < -0.4 is 25.6 Å². The molecule has 236 valence electrons. The van der Waals surface area contributed by atoms with Gasteiger partial charge in [0.1, 0.15) is 24.4 Å². The average Bonchev–Trinajstić information content (AvgIpc) is 3.44. The number of rotatable bonds is 10. The lowest BCUT2D eigenvalue weighted by molar-refractivity contribution is 0.0532. The molecular formula is C31H37BrN9O3P. The van der Waals surface area contributed by atoms with Crippen molar-refractivity contribution in [2.24, 2.45) is 17.0 Å². The van der Waals surface area contributed by atoms with E-state index in [1.165, 1.54) is 0 Å². The molecule has 45 heavy (non-hydrogen) atoms. The second-order valence-electron chi connectivity index (χ2n) is 11.0. The molecule has 2 aromatic heterocycles. The Balaban J connectivity index is 1.55. The SMILES string of the molecule is C=Nc1ccc(Nc2nc(Nc3cc(-c4cnn(C)c4)c(N4CCO[C@H](C)C4)cc3OC)ncc2Br)c(P(C)(C)=O)c1N=CC. The molecule has 12 nitrogen and oxygen atoms in total. The number of ether oxygens (including phenoxy) is 2. The minimum atomic E-state index is -2.82. The van der Waals surface area contributed by atoms with E-state index in [9.17, 15) is 4.57 Å². The number of benzene rings is 2. The molecule has 1 fully saturated rings. The van der Waals surface area contributed by atoms with Crippen LogP contribution in [0.5, 0.6) is 5.75 Å². The van der Waals surface area contributed by atoms with E-state index < -0.39 is 7.14 Å². The third-order valence-electron chi connectivity index (χ3n) is 7.26. The van der Waals surface area contributed by atoms with Crippen molar-refractivity contribution < 1.29 is 14.0 Å². The van der Waals surface area contributed by atoms with Crippen molar-refractivity contribution in [2.45, 2.75) is 20.0 Å². The van der Waals surface area contributed by atoms with E-state index in [0.29, 0.717) is 56.6 Å². The maximum Gasteiger partial charge on any atom is 0.229 e. The normalized spacial score (nSPS) is 15.4. The van der Waals surface area contributed by atoms with Gasteiger partial charge in [0.2, 0.25) is 5.95 Å². The Labute approximate surface area is 271 Å². The molecule has 1 aliphatic heterocycles.